The summed E-state index contributed by atoms with van der Waals surface area (Å²) in [6.07, 6.45) is 1.88. The molecule has 0 amide bonds. The normalized spacial score (nSPS) is 11.6. The van der Waals surface area contributed by atoms with Crippen molar-refractivity contribution < 1.29 is 71.4 Å². The third-order valence-corrected chi connectivity index (χ3v) is 5.59. The number of methoxy groups -OCH3 is 1. The number of aliphatic hydroxyl groups is 1. The Bertz CT molecular complexity index is 478. The molecule has 0 aromatic carbocycles. The maximum Gasteiger partial charge on any atom is 0.0701 e. The molecule has 0 bridgehead atoms. The molecule has 15 heteroatoms. The summed E-state index contributed by atoms with van der Waals surface area (Å²) in [7, 11) is 1.65. The van der Waals surface area contributed by atoms with E-state index < -0.39 is 0 Å². The van der Waals surface area contributed by atoms with Crippen molar-refractivity contribution in [1.82, 2.24) is 0 Å². The Morgan fingerprint density at radius 1 is 0.239 bits per heavy atom. The second-order valence-electron chi connectivity index (χ2n) is 9.38. The largest absolute Gasteiger partial charge is 0.394 e. The molecule has 0 saturated heterocycles. The molecular formula is C31H64O15. The van der Waals surface area contributed by atoms with Crippen LogP contribution in [0.1, 0.15) is 12.8 Å². The Hall–Kier alpha value is -0.600. The molecule has 0 atom stereocenters. The van der Waals surface area contributed by atoms with E-state index in [9.17, 15) is 0 Å². The van der Waals surface area contributed by atoms with Crippen LogP contribution in [0.25, 0.3) is 0 Å². The summed E-state index contributed by atoms with van der Waals surface area (Å²) < 4.78 is 75.4. The minimum Gasteiger partial charge on any atom is -0.394 e. The van der Waals surface area contributed by atoms with Gasteiger partial charge in [-0.25, -0.2) is 0 Å². The summed E-state index contributed by atoms with van der Waals surface area (Å²) in [5.41, 5.74) is 0. The van der Waals surface area contributed by atoms with Crippen molar-refractivity contribution in [2.24, 2.45) is 0 Å². The van der Waals surface area contributed by atoms with Crippen molar-refractivity contribution in [3.8, 4) is 0 Å². The molecule has 0 heterocycles. The summed E-state index contributed by atoms with van der Waals surface area (Å²) in [6.45, 7) is 14.5. The number of aliphatic hydroxyl groups excluding tert-OH is 1. The highest BCUT2D eigenvalue weighted by Crippen LogP contribution is 1.93. The third kappa shape index (κ3) is 43.4. The zero-order valence-electron chi connectivity index (χ0n) is 28.4. The first-order chi connectivity index (χ1) is 22.9. The molecular weight excluding hydrogens is 612 g/mol. The predicted octanol–water partition coefficient (Wildman–Crippen LogP) is 0.621. The van der Waals surface area contributed by atoms with Crippen LogP contribution >= 0.6 is 0 Å². The van der Waals surface area contributed by atoms with Gasteiger partial charge in [0.25, 0.3) is 0 Å². The number of ether oxygens (including phenoxy) is 14. The second-order valence-corrected chi connectivity index (χ2v) is 9.38. The molecule has 1 N–H and O–H groups in total. The Morgan fingerprint density at radius 2 is 0.413 bits per heavy atom. The van der Waals surface area contributed by atoms with Crippen LogP contribution in [0.15, 0.2) is 0 Å². The van der Waals surface area contributed by atoms with Crippen LogP contribution in [0.5, 0.6) is 0 Å². The molecule has 278 valence electrons. The minimum atomic E-state index is 0.0263. The van der Waals surface area contributed by atoms with Crippen molar-refractivity contribution in [3.63, 3.8) is 0 Å². The molecule has 0 aromatic rings. The van der Waals surface area contributed by atoms with Gasteiger partial charge >= 0.3 is 0 Å². The molecule has 0 unspecified atom stereocenters. The smallest absolute Gasteiger partial charge is 0.0701 e. The molecule has 0 aromatic heterocycles. The molecule has 0 aliphatic rings. The van der Waals surface area contributed by atoms with Crippen molar-refractivity contribution in [2.45, 2.75) is 12.8 Å². The Labute approximate surface area is 276 Å². The Kier molecular flexibility index (Phi) is 43.8. The van der Waals surface area contributed by atoms with Crippen LogP contribution < -0.4 is 0 Å². The molecule has 0 rings (SSSR count). The molecule has 0 spiro atoms. The van der Waals surface area contributed by atoms with Crippen molar-refractivity contribution in [3.05, 3.63) is 0 Å². The van der Waals surface area contributed by atoms with Gasteiger partial charge in [-0.1, -0.05) is 0 Å². The standard InChI is InChI=1S/C31H64O15/c1-33-8-9-37-16-17-41-24-25-45-29-26-42-21-18-38-13-10-34-5-2-3-6-35-11-14-39-19-22-43-27-30-46-31-28-44-23-20-40-15-12-36-7-4-32/h32H,2-31H2,1H3. The third-order valence-electron chi connectivity index (χ3n) is 5.59. The molecule has 0 fully saturated rings. The lowest BCUT2D eigenvalue weighted by molar-refractivity contribution is -0.0220. The lowest BCUT2D eigenvalue weighted by atomic mass is 10.3. The van der Waals surface area contributed by atoms with E-state index in [-0.39, 0.29) is 6.61 Å². The Balaban J connectivity index is 3.03. The SMILES string of the molecule is COCCOCCOCCOCCOCCOCCOCCCCOCCOCCOCCOCCOCCOCCOCCO. The van der Waals surface area contributed by atoms with Crippen LogP contribution in [0.4, 0.5) is 0 Å². The van der Waals surface area contributed by atoms with Gasteiger partial charge in [0.1, 0.15) is 0 Å². The lowest BCUT2D eigenvalue weighted by Gasteiger charge is -2.09. The fourth-order valence-corrected chi connectivity index (χ4v) is 3.24. The van der Waals surface area contributed by atoms with Gasteiger partial charge in [-0.3, -0.25) is 0 Å². The fourth-order valence-electron chi connectivity index (χ4n) is 3.24. The number of hydrogen-bond acceptors (Lipinski definition) is 15. The van der Waals surface area contributed by atoms with Crippen LogP contribution in [-0.2, 0) is 66.3 Å². The van der Waals surface area contributed by atoms with E-state index in [1.54, 1.807) is 7.11 Å². The van der Waals surface area contributed by atoms with Crippen molar-refractivity contribution >= 4 is 0 Å². The van der Waals surface area contributed by atoms with E-state index >= 15 is 0 Å². The van der Waals surface area contributed by atoms with E-state index in [1.165, 1.54) is 0 Å². The zero-order chi connectivity index (χ0) is 33.1. The number of rotatable bonds is 43. The predicted molar refractivity (Wildman–Crippen MR) is 169 cm³/mol. The van der Waals surface area contributed by atoms with Gasteiger partial charge in [0.2, 0.25) is 0 Å². The van der Waals surface area contributed by atoms with Crippen LogP contribution in [0.3, 0.4) is 0 Å². The highest BCUT2D eigenvalue weighted by molar-refractivity contribution is 4.41. The quantitative estimate of drug-likeness (QED) is 0.0899. The molecule has 0 saturated carbocycles. The van der Waals surface area contributed by atoms with Crippen LogP contribution in [0.2, 0.25) is 0 Å². The zero-order valence-corrected chi connectivity index (χ0v) is 28.4. The Morgan fingerprint density at radius 3 is 0.609 bits per heavy atom. The van der Waals surface area contributed by atoms with E-state index in [2.05, 4.69) is 0 Å². The van der Waals surface area contributed by atoms with E-state index in [1.807, 2.05) is 0 Å². The summed E-state index contributed by atoms with van der Waals surface area (Å²) >= 11 is 0. The first kappa shape index (κ1) is 45.4. The van der Waals surface area contributed by atoms with E-state index in [0.29, 0.717) is 178 Å². The first-order valence-electron chi connectivity index (χ1n) is 16.5. The number of unbranched alkanes of at least 4 members (excludes halogenated alkanes) is 1. The van der Waals surface area contributed by atoms with Gasteiger partial charge < -0.3 is 71.4 Å². The number of hydrogen-bond donors (Lipinski definition) is 1. The summed E-state index contributed by atoms with van der Waals surface area (Å²) in [6, 6.07) is 0. The van der Waals surface area contributed by atoms with Gasteiger partial charge in [-0.05, 0) is 12.8 Å². The van der Waals surface area contributed by atoms with E-state index in [0.717, 1.165) is 12.8 Å². The molecule has 15 nitrogen and oxygen atoms in total. The maximum atomic E-state index is 8.58. The second kappa shape index (κ2) is 44.4. The molecule has 0 radical (unpaired) electrons. The minimum absolute atomic E-state index is 0.0263. The molecule has 0 aliphatic heterocycles. The summed E-state index contributed by atoms with van der Waals surface area (Å²) in [5, 5.41) is 8.58. The lowest BCUT2D eigenvalue weighted by Crippen LogP contribution is -2.14. The molecule has 46 heavy (non-hydrogen) atoms. The van der Waals surface area contributed by atoms with Crippen molar-refractivity contribution in [1.29, 1.82) is 0 Å². The monoisotopic (exact) mass is 676 g/mol. The fraction of sp³-hybridized carbons (Fsp3) is 1.00. The molecule has 0 aliphatic carbocycles. The summed E-state index contributed by atoms with van der Waals surface area (Å²) in [4.78, 5) is 0. The van der Waals surface area contributed by atoms with Crippen molar-refractivity contribution in [2.75, 3.05) is 192 Å². The topological polar surface area (TPSA) is 149 Å². The van der Waals surface area contributed by atoms with Gasteiger partial charge in [-0.2, -0.15) is 0 Å². The van der Waals surface area contributed by atoms with E-state index in [4.69, 9.17) is 71.4 Å². The maximum absolute atomic E-state index is 8.58. The van der Waals surface area contributed by atoms with Crippen LogP contribution in [0, 0.1) is 0 Å². The van der Waals surface area contributed by atoms with Crippen LogP contribution in [-0.4, -0.2) is 197 Å². The average Bonchev–Trinajstić information content (AvgIpc) is 3.07. The first-order valence-corrected chi connectivity index (χ1v) is 16.5. The summed E-state index contributed by atoms with van der Waals surface area (Å²) in [5.74, 6) is 0. The van der Waals surface area contributed by atoms with Gasteiger partial charge in [0, 0.05) is 20.3 Å². The highest BCUT2D eigenvalue weighted by Gasteiger charge is 1.97. The van der Waals surface area contributed by atoms with Gasteiger partial charge in [0.05, 0.1) is 172 Å². The highest BCUT2D eigenvalue weighted by atomic mass is 16.6. The van der Waals surface area contributed by atoms with Gasteiger partial charge in [-0.15, -0.1) is 0 Å². The van der Waals surface area contributed by atoms with Gasteiger partial charge in [0.15, 0.2) is 0 Å². The average molecular weight is 677 g/mol.